The van der Waals surface area contributed by atoms with Gasteiger partial charge in [-0.05, 0) is 29.7 Å². The molecule has 1 aliphatic rings. The lowest BCUT2D eigenvalue weighted by Gasteiger charge is -2.42. The molecule has 1 aliphatic heterocycles. The molecule has 4 nitrogen and oxygen atoms in total. The lowest BCUT2D eigenvalue weighted by Crippen LogP contribution is -2.50. The summed E-state index contributed by atoms with van der Waals surface area (Å²) >= 11 is 0. The van der Waals surface area contributed by atoms with Gasteiger partial charge in [0.25, 0.3) is 5.91 Å². The van der Waals surface area contributed by atoms with E-state index in [0.717, 1.165) is 0 Å². The molecule has 1 unspecified atom stereocenters. The second-order valence-electron chi connectivity index (χ2n) is 6.39. The maximum absolute atomic E-state index is 13.7. The summed E-state index contributed by atoms with van der Waals surface area (Å²) in [5.74, 6) is -0.218. The van der Waals surface area contributed by atoms with Crippen molar-refractivity contribution in [3.63, 3.8) is 0 Å². The first-order chi connectivity index (χ1) is 10.9. The zero-order valence-corrected chi connectivity index (χ0v) is 14.1. The topological polar surface area (TPSA) is 56.2 Å². The average molecular weight is 317 g/mol. The summed E-state index contributed by atoms with van der Waals surface area (Å²) in [6, 6.07) is 4.07. The Balaban J connectivity index is 2.59. The van der Waals surface area contributed by atoms with Crippen LogP contribution in [0.3, 0.4) is 0 Å². The van der Waals surface area contributed by atoms with Gasteiger partial charge in [-0.3, -0.25) is 4.79 Å². The Kier molecular flexibility index (Phi) is 5.19. The number of carbonyl (C=O) groups excluding carboxylic acids is 1. The van der Waals surface area contributed by atoms with Crippen molar-refractivity contribution in [2.75, 3.05) is 13.6 Å². The molecule has 0 radical (unpaired) electrons. The van der Waals surface area contributed by atoms with Gasteiger partial charge in [0.1, 0.15) is 5.82 Å². The van der Waals surface area contributed by atoms with E-state index in [9.17, 15) is 9.18 Å². The number of hydrogen-bond acceptors (Lipinski definition) is 3. The van der Waals surface area contributed by atoms with Gasteiger partial charge >= 0.3 is 0 Å². The molecule has 0 saturated heterocycles. The molecule has 2 rings (SSSR count). The van der Waals surface area contributed by atoms with E-state index in [1.165, 1.54) is 18.3 Å². The van der Waals surface area contributed by atoms with Crippen molar-refractivity contribution in [2.45, 2.75) is 32.7 Å². The van der Waals surface area contributed by atoms with Crippen molar-refractivity contribution >= 4 is 12.1 Å². The fourth-order valence-electron chi connectivity index (χ4n) is 3.26. The highest BCUT2D eigenvalue weighted by molar-refractivity contribution is 5.98. The Morgan fingerprint density at radius 2 is 2.17 bits per heavy atom. The van der Waals surface area contributed by atoms with Crippen LogP contribution in [0.1, 0.15) is 42.6 Å². The molecule has 5 heteroatoms. The minimum absolute atomic E-state index is 0.0849. The van der Waals surface area contributed by atoms with Crippen molar-refractivity contribution in [3.05, 3.63) is 46.9 Å². The van der Waals surface area contributed by atoms with Crippen LogP contribution in [0.5, 0.6) is 0 Å². The van der Waals surface area contributed by atoms with Crippen molar-refractivity contribution in [1.29, 1.82) is 5.41 Å². The van der Waals surface area contributed by atoms with Crippen LogP contribution in [0.4, 0.5) is 4.39 Å². The zero-order valence-electron chi connectivity index (χ0n) is 14.1. The van der Waals surface area contributed by atoms with Gasteiger partial charge in [-0.15, -0.1) is 0 Å². The van der Waals surface area contributed by atoms with E-state index in [1.807, 2.05) is 11.8 Å². The Morgan fingerprint density at radius 1 is 1.48 bits per heavy atom. The molecule has 0 bridgehead atoms. The number of carbonyl (C=O) groups is 1. The van der Waals surface area contributed by atoms with E-state index in [4.69, 9.17) is 5.41 Å². The van der Waals surface area contributed by atoms with Crippen LogP contribution in [0.15, 0.2) is 30.0 Å². The third-order valence-corrected chi connectivity index (χ3v) is 4.19. The Hall–Kier alpha value is -2.17. The molecule has 2 N–H and O–H groups in total. The van der Waals surface area contributed by atoms with Gasteiger partial charge < -0.3 is 15.6 Å². The molecule has 0 fully saturated rings. The lowest BCUT2D eigenvalue weighted by atomic mass is 9.80. The molecule has 0 spiro atoms. The number of halogens is 1. The summed E-state index contributed by atoms with van der Waals surface area (Å²) < 4.78 is 13.7. The minimum atomic E-state index is -0.339. The van der Waals surface area contributed by atoms with Gasteiger partial charge in [-0.2, -0.15) is 0 Å². The number of fused-ring (bicyclic) bond motifs is 1. The molecule has 124 valence electrons. The van der Waals surface area contributed by atoms with Crippen molar-refractivity contribution in [1.82, 2.24) is 10.2 Å². The number of hydrogen-bond donors (Lipinski definition) is 2. The highest BCUT2D eigenvalue weighted by Crippen LogP contribution is 2.36. The SMILES string of the molecule is CN/C=C(\C=N)C1[C@@H](C)c2cc(F)ccc2C(=O)N1CC(C)C. The van der Waals surface area contributed by atoms with Crippen LogP contribution in [-0.4, -0.2) is 36.7 Å². The molecule has 0 aliphatic carbocycles. The number of benzene rings is 1. The van der Waals surface area contributed by atoms with E-state index in [1.54, 1.807) is 19.3 Å². The van der Waals surface area contributed by atoms with Gasteiger partial charge in [0, 0.05) is 43.1 Å². The quantitative estimate of drug-likeness (QED) is 0.820. The summed E-state index contributed by atoms with van der Waals surface area (Å²) in [6.07, 6.45) is 3.00. The second kappa shape index (κ2) is 6.94. The summed E-state index contributed by atoms with van der Waals surface area (Å²) in [5, 5.41) is 10.6. The van der Waals surface area contributed by atoms with E-state index >= 15 is 0 Å². The van der Waals surface area contributed by atoms with Gasteiger partial charge in [-0.1, -0.05) is 20.8 Å². The Morgan fingerprint density at radius 3 is 2.74 bits per heavy atom. The molecule has 0 saturated carbocycles. The molecule has 0 aromatic heterocycles. The first kappa shape index (κ1) is 17.2. The molecule has 1 heterocycles. The zero-order chi connectivity index (χ0) is 17.1. The normalized spacial score (nSPS) is 21.4. The number of rotatable bonds is 5. The maximum atomic E-state index is 13.7. The van der Waals surface area contributed by atoms with Crippen LogP contribution < -0.4 is 5.32 Å². The number of amides is 1. The summed E-state index contributed by atoms with van der Waals surface area (Å²) in [7, 11) is 1.76. The first-order valence-electron chi connectivity index (χ1n) is 7.88. The highest BCUT2D eigenvalue weighted by atomic mass is 19.1. The molecule has 1 amide bonds. The van der Waals surface area contributed by atoms with Crippen LogP contribution in [0.25, 0.3) is 0 Å². The Labute approximate surface area is 136 Å². The summed E-state index contributed by atoms with van der Waals surface area (Å²) in [4.78, 5) is 14.7. The maximum Gasteiger partial charge on any atom is 0.254 e. The van der Waals surface area contributed by atoms with Crippen molar-refractivity contribution in [3.8, 4) is 0 Å². The number of nitrogens with one attached hydrogen (secondary N) is 2. The molecule has 23 heavy (non-hydrogen) atoms. The van der Waals surface area contributed by atoms with Gasteiger partial charge in [0.2, 0.25) is 0 Å². The monoisotopic (exact) mass is 317 g/mol. The molecule has 1 aromatic carbocycles. The van der Waals surface area contributed by atoms with Crippen LogP contribution in [0, 0.1) is 17.1 Å². The third-order valence-electron chi connectivity index (χ3n) is 4.19. The van der Waals surface area contributed by atoms with Crippen LogP contribution >= 0.6 is 0 Å². The highest BCUT2D eigenvalue weighted by Gasteiger charge is 2.39. The number of nitrogens with zero attached hydrogens (tertiary/aromatic N) is 1. The molecule has 1 aromatic rings. The molecular formula is C18H24FN3O. The van der Waals surface area contributed by atoms with Gasteiger partial charge in [0.15, 0.2) is 0 Å². The molecule has 2 atom stereocenters. The second-order valence-corrected chi connectivity index (χ2v) is 6.39. The summed E-state index contributed by atoms with van der Waals surface area (Å²) in [5.41, 5.74) is 1.98. The minimum Gasteiger partial charge on any atom is -0.394 e. The third kappa shape index (κ3) is 3.28. The predicted molar refractivity (Wildman–Crippen MR) is 90.4 cm³/mol. The van der Waals surface area contributed by atoms with E-state index in [-0.39, 0.29) is 23.7 Å². The fourth-order valence-corrected chi connectivity index (χ4v) is 3.26. The average Bonchev–Trinajstić information content (AvgIpc) is 2.50. The standard InChI is InChI=1S/C18H24FN3O/c1-11(2)10-22-17(13(8-20)9-21-4)12(3)16-7-14(19)5-6-15(16)18(22)23/h5-9,11-12,17,20-21H,10H2,1-4H3/b13-9+,20-8?/t12-,17?/m0/s1. The van der Waals surface area contributed by atoms with Gasteiger partial charge in [0.05, 0.1) is 6.04 Å². The van der Waals surface area contributed by atoms with E-state index in [2.05, 4.69) is 19.2 Å². The van der Waals surface area contributed by atoms with Gasteiger partial charge in [-0.25, -0.2) is 4.39 Å². The fraction of sp³-hybridized carbons (Fsp3) is 0.444. The first-order valence-corrected chi connectivity index (χ1v) is 7.88. The largest absolute Gasteiger partial charge is 0.394 e. The predicted octanol–water partition coefficient (Wildman–Crippen LogP) is 3.16. The Bertz CT molecular complexity index is 639. The van der Waals surface area contributed by atoms with E-state index in [0.29, 0.717) is 29.2 Å². The summed E-state index contributed by atoms with van der Waals surface area (Å²) in [6.45, 7) is 6.69. The van der Waals surface area contributed by atoms with Crippen molar-refractivity contribution in [2.24, 2.45) is 5.92 Å². The smallest absolute Gasteiger partial charge is 0.254 e. The van der Waals surface area contributed by atoms with E-state index < -0.39 is 0 Å². The molecular weight excluding hydrogens is 293 g/mol. The van der Waals surface area contributed by atoms with Crippen molar-refractivity contribution < 1.29 is 9.18 Å². The van der Waals surface area contributed by atoms with Crippen LogP contribution in [-0.2, 0) is 0 Å². The lowest BCUT2D eigenvalue weighted by molar-refractivity contribution is 0.0634. The van der Waals surface area contributed by atoms with Crippen LogP contribution in [0.2, 0.25) is 0 Å².